The van der Waals surface area contributed by atoms with Crippen molar-refractivity contribution in [2.75, 3.05) is 7.05 Å². The van der Waals surface area contributed by atoms with Crippen LogP contribution in [0.15, 0.2) is 0 Å². The standard InChI is InChI=1S/C19H41N/c1-5-8-9-10-11-12-13-14-17-19(20-4)18(15-6-2)16-7-3/h18-20H,5-17H2,1-4H3. The van der Waals surface area contributed by atoms with Gasteiger partial charge in [-0.2, -0.15) is 0 Å². The van der Waals surface area contributed by atoms with Gasteiger partial charge in [0, 0.05) is 6.04 Å². The Hall–Kier alpha value is -0.0400. The van der Waals surface area contributed by atoms with Crippen molar-refractivity contribution in [3.05, 3.63) is 0 Å². The van der Waals surface area contributed by atoms with E-state index in [1.807, 2.05) is 0 Å². The molecule has 1 N–H and O–H groups in total. The van der Waals surface area contributed by atoms with Crippen LogP contribution in [0.3, 0.4) is 0 Å². The first-order valence-corrected chi connectivity index (χ1v) is 9.47. The van der Waals surface area contributed by atoms with Gasteiger partial charge in [-0.25, -0.2) is 0 Å². The predicted octanol–water partition coefficient (Wildman–Crippen LogP) is 6.32. The fraction of sp³-hybridized carbons (Fsp3) is 1.00. The van der Waals surface area contributed by atoms with Crippen molar-refractivity contribution in [1.29, 1.82) is 0 Å². The molecule has 0 radical (unpaired) electrons. The largest absolute Gasteiger partial charge is 0.317 e. The van der Waals surface area contributed by atoms with E-state index in [9.17, 15) is 0 Å². The van der Waals surface area contributed by atoms with E-state index >= 15 is 0 Å². The third kappa shape index (κ3) is 10.7. The van der Waals surface area contributed by atoms with Crippen LogP contribution in [0.2, 0.25) is 0 Å². The smallest absolute Gasteiger partial charge is 0.00923 e. The van der Waals surface area contributed by atoms with Gasteiger partial charge in [-0.1, -0.05) is 85.0 Å². The van der Waals surface area contributed by atoms with Crippen molar-refractivity contribution in [3.8, 4) is 0 Å². The van der Waals surface area contributed by atoms with E-state index in [2.05, 4.69) is 33.1 Å². The summed E-state index contributed by atoms with van der Waals surface area (Å²) < 4.78 is 0. The molecule has 0 aliphatic carbocycles. The molecule has 0 heterocycles. The molecule has 0 saturated carbocycles. The molecule has 0 aliphatic heterocycles. The van der Waals surface area contributed by atoms with Crippen LogP contribution in [0.1, 0.15) is 104 Å². The number of unbranched alkanes of at least 4 members (excludes halogenated alkanes) is 7. The van der Waals surface area contributed by atoms with Crippen molar-refractivity contribution in [2.24, 2.45) is 5.92 Å². The molecule has 0 spiro atoms. The molecule has 1 atom stereocenters. The first-order chi connectivity index (χ1) is 9.79. The Bertz CT molecular complexity index is 173. The molecule has 0 bridgehead atoms. The van der Waals surface area contributed by atoms with Gasteiger partial charge in [0.05, 0.1) is 0 Å². The van der Waals surface area contributed by atoms with Crippen LogP contribution in [0.5, 0.6) is 0 Å². The molecule has 1 nitrogen and oxygen atoms in total. The average molecular weight is 284 g/mol. The zero-order valence-corrected chi connectivity index (χ0v) is 14.8. The van der Waals surface area contributed by atoms with Gasteiger partial charge in [0.2, 0.25) is 0 Å². The van der Waals surface area contributed by atoms with Crippen molar-refractivity contribution in [3.63, 3.8) is 0 Å². The molecule has 122 valence electrons. The number of hydrogen-bond acceptors (Lipinski definition) is 1. The molecule has 0 aliphatic rings. The summed E-state index contributed by atoms with van der Waals surface area (Å²) in [4.78, 5) is 0. The second-order valence-electron chi connectivity index (χ2n) is 6.50. The summed E-state index contributed by atoms with van der Waals surface area (Å²) in [6, 6.07) is 0.759. The molecular formula is C19H41N. The van der Waals surface area contributed by atoms with E-state index in [4.69, 9.17) is 0 Å². The Kier molecular flexibility index (Phi) is 15.3. The fourth-order valence-corrected chi connectivity index (χ4v) is 3.40. The van der Waals surface area contributed by atoms with E-state index in [-0.39, 0.29) is 0 Å². The topological polar surface area (TPSA) is 12.0 Å². The highest BCUT2D eigenvalue weighted by Gasteiger charge is 2.17. The van der Waals surface area contributed by atoms with E-state index in [1.54, 1.807) is 0 Å². The van der Waals surface area contributed by atoms with Crippen LogP contribution in [-0.2, 0) is 0 Å². The van der Waals surface area contributed by atoms with Crippen LogP contribution < -0.4 is 5.32 Å². The summed E-state index contributed by atoms with van der Waals surface area (Å²) in [5, 5.41) is 3.59. The molecule has 0 aromatic rings. The van der Waals surface area contributed by atoms with Gasteiger partial charge in [-0.3, -0.25) is 0 Å². The maximum absolute atomic E-state index is 3.59. The zero-order chi connectivity index (χ0) is 15.1. The number of nitrogens with one attached hydrogen (secondary N) is 1. The molecule has 1 heteroatoms. The van der Waals surface area contributed by atoms with Crippen LogP contribution in [-0.4, -0.2) is 13.1 Å². The molecule has 0 saturated heterocycles. The van der Waals surface area contributed by atoms with Crippen LogP contribution in [0.25, 0.3) is 0 Å². The fourth-order valence-electron chi connectivity index (χ4n) is 3.40. The monoisotopic (exact) mass is 283 g/mol. The lowest BCUT2D eigenvalue weighted by Gasteiger charge is -2.26. The minimum atomic E-state index is 0.759. The van der Waals surface area contributed by atoms with Gasteiger partial charge in [0.15, 0.2) is 0 Å². The Morgan fingerprint density at radius 3 is 1.55 bits per heavy atom. The van der Waals surface area contributed by atoms with E-state index in [0.717, 1.165) is 12.0 Å². The lowest BCUT2D eigenvalue weighted by molar-refractivity contribution is 0.303. The normalized spacial score (nSPS) is 13.1. The Balaban J connectivity index is 3.66. The summed E-state index contributed by atoms with van der Waals surface area (Å²) in [5.41, 5.74) is 0. The van der Waals surface area contributed by atoms with E-state index < -0.39 is 0 Å². The van der Waals surface area contributed by atoms with Gasteiger partial charge in [-0.15, -0.1) is 0 Å². The minimum absolute atomic E-state index is 0.759. The summed E-state index contributed by atoms with van der Waals surface area (Å²) in [6.07, 6.45) is 18.3. The third-order valence-electron chi connectivity index (χ3n) is 4.63. The highest BCUT2D eigenvalue weighted by molar-refractivity contribution is 4.74. The van der Waals surface area contributed by atoms with Crippen molar-refractivity contribution >= 4 is 0 Å². The average Bonchev–Trinajstić information content (AvgIpc) is 2.46. The second kappa shape index (κ2) is 15.4. The quantitative estimate of drug-likeness (QED) is 0.347. The van der Waals surface area contributed by atoms with Crippen molar-refractivity contribution < 1.29 is 0 Å². The summed E-state index contributed by atoms with van der Waals surface area (Å²) in [5.74, 6) is 0.902. The third-order valence-corrected chi connectivity index (χ3v) is 4.63. The van der Waals surface area contributed by atoms with Crippen LogP contribution in [0, 0.1) is 5.92 Å². The maximum atomic E-state index is 3.59. The van der Waals surface area contributed by atoms with Gasteiger partial charge in [-0.05, 0) is 32.2 Å². The molecule has 1 unspecified atom stereocenters. The molecule has 0 fully saturated rings. The molecule has 0 amide bonds. The first kappa shape index (κ1) is 20.0. The predicted molar refractivity (Wildman–Crippen MR) is 93.4 cm³/mol. The SMILES string of the molecule is CCCCCCCCCCC(NC)C(CCC)CCC. The van der Waals surface area contributed by atoms with Crippen LogP contribution >= 0.6 is 0 Å². The van der Waals surface area contributed by atoms with E-state index in [0.29, 0.717) is 0 Å². The van der Waals surface area contributed by atoms with E-state index in [1.165, 1.54) is 83.5 Å². The first-order valence-electron chi connectivity index (χ1n) is 9.47. The maximum Gasteiger partial charge on any atom is 0.00923 e. The molecular weight excluding hydrogens is 242 g/mol. The Morgan fingerprint density at radius 2 is 1.10 bits per heavy atom. The highest BCUT2D eigenvalue weighted by Crippen LogP contribution is 2.22. The van der Waals surface area contributed by atoms with Gasteiger partial charge in [0.25, 0.3) is 0 Å². The summed E-state index contributed by atoms with van der Waals surface area (Å²) >= 11 is 0. The van der Waals surface area contributed by atoms with Crippen molar-refractivity contribution in [1.82, 2.24) is 5.32 Å². The number of hydrogen-bond donors (Lipinski definition) is 1. The Labute approximate surface area is 129 Å². The highest BCUT2D eigenvalue weighted by atomic mass is 14.9. The van der Waals surface area contributed by atoms with Gasteiger partial charge < -0.3 is 5.32 Å². The summed E-state index contributed by atoms with van der Waals surface area (Å²) in [7, 11) is 2.16. The second-order valence-corrected chi connectivity index (χ2v) is 6.50. The lowest BCUT2D eigenvalue weighted by Crippen LogP contribution is -2.33. The van der Waals surface area contributed by atoms with Crippen molar-refractivity contribution in [2.45, 2.75) is 110 Å². The Morgan fingerprint density at radius 1 is 0.600 bits per heavy atom. The van der Waals surface area contributed by atoms with Crippen LogP contribution in [0.4, 0.5) is 0 Å². The summed E-state index contributed by atoms with van der Waals surface area (Å²) in [6.45, 7) is 6.94. The molecule has 0 rings (SSSR count). The molecule has 0 aromatic carbocycles. The zero-order valence-electron chi connectivity index (χ0n) is 14.8. The molecule has 20 heavy (non-hydrogen) atoms. The minimum Gasteiger partial charge on any atom is -0.317 e. The lowest BCUT2D eigenvalue weighted by atomic mass is 9.87. The number of rotatable bonds is 15. The van der Waals surface area contributed by atoms with Gasteiger partial charge in [0.1, 0.15) is 0 Å². The molecule has 0 aromatic heterocycles. The van der Waals surface area contributed by atoms with Gasteiger partial charge >= 0.3 is 0 Å².